The molecule has 5 rings (SSSR count). The summed E-state index contributed by atoms with van der Waals surface area (Å²) in [6.45, 7) is 4.72. The molecule has 0 aromatic carbocycles. The lowest BCUT2D eigenvalue weighted by Crippen LogP contribution is -2.57. The number of amides is 1. The minimum absolute atomic E-state index is 0.0823. The molecule has 7 nitrogen and oxygen atoms in total. The van der Waals surface area contributed by atoms with E-state index >= 15 is 0 Å². The summed E-state index contributed by atoms with van der Waals surface area (Å²) in [6.07, 6.45) is 5.09. The Balaban J connectivity index is 1.34. The molecule has 1 fully saturated rings. The number of hydrogen-bond donors (Lipinski definition) is 2. The van der Waals surface area contributed by atoms with Crippen LogP contribution >= 0.6 is 22.7 Å². The number of nitrogens with zero attached hydrogens (tertiary/aromatic N) is 4. The predicted molar refractivity (Wildman–Crippen MR) is 123 cm³/mol. The SMILES string of the molecule is CN(C)C1CN(CCC(=O)Nc2sc3c(c2-c2nc4cnccc4s2)CCNC3)C1. The highest BCUT2D eigenvalue weighted by Crippen LogP contribution is 2.44. The molecule has 2 aliphatic rings. The van der Waals surface area contributed by atoms with Crippen molar-refractivity contribution in [3.05, 3.63) is 28.9 Å². The monoisotopic (exact) mass is 442 g/mol. The van der Waals surface area contributed by atoms with Gasteiger partial charge in [-0.1, -0.05) is 0 Å². The number of carbonyl (C=O) groups is 1. The van der Waals surface area contributed by atoms with Gasteiger partial charge in [-0.2, -0.15) is 0 Å². The first-order valence-electron chi connectivity index (χ1n) is 10.3. The Hall–Kier alpha value is -1.91. The zero-order valence-electron chi connectivity index (χ0n) is 17.3. The lowest BCUT2D eigenvalue weighted by molar-refractivity contribution is -0.116. The molecule has 2 N–H and O–H groups in total. The average Bonchev–Trinajstić information content (AvgIpc) is 3.26. The number of nitrogens with one attached hydrogen (secondary N) is 2. The van der Waals surface area contributed by atoms with Crippen molar-refractivity contribution in [3.63, 3.8) is 0 Å². The van der Waals surface area contributed by atoms with E-state index in [0.717, 1.165) is 64.9 Å². The van der Waals surface area contributed by atoms with E-state index in [1.807, 2.05) is 12.3 Å². The number of likely N-dealkylation sites (tertiary alicyclic amines) is 1. The molecule has 30 heavy (non-hydrogen) atoms. The van der Waals surface area contributed by atoms with Crippen LogP contribution in [-0.2, 0) is 17.8 Å². The minimum Gasteiger partial charge on any atom is -0.317 e. The summed E-state index contributed by atoms with van der Waals surface area (Å²) in [5.74, 6) is 0.0823. The summed E-state index contributed by atoms with van der Waals surface area (Å²) in [6, 6.07) is 2.62. The first kappa shape index (κ1) is 20.0. The Morgan fingerprint density at radius 2 is 2.23 bits per heavy atom. The molecule has 0 spiro atoms. The summed E-state index contributed by atoms with van der Waals surface area (Å²) in [7, 11) is 4.23. The molecule has 1 amide bonds. The Morgan fingerprint density at radius 1 is 1.37 bits per heavy atom. The maximum atomic E-state index is 12.8. The lowest BCUT2D eigenvalue weighted by Gasteiger charge is -2.42. The molecule has 0 radical (unpaired) electrons. The second-order valence-electron chi connectivity index (χ2n) is 8.17. The van der Waals surface area contributed by atoms with Crippen LogP contribution in [0, 0.1) is 0 Å². The number of thiazole rings is 1. The normalized spacial score (nSPS) is 17.3. The average molecular weight is 443 g/mol. The molecule has 2 aliphatic heterocycles. The molecule has 0 bridgehead atoms. The Labute approximate surface area is 184 Å². The molecule has 1 saturated heterocycles. The van der Waals surface area contributed by atoms with E-state index in [1.165, 1.54) is 10.4 Å². The van der Waals surface area contributed by atoms with Crippen LogP contribution in [0.5, 0.6) is 0 Å². The van der Waals surface area contributed by atoms with Crippen molar-refractivity contribution in [1.82, 2.24) is 25.1 Å². The first-order chi connectivity index (χ1) is 14.6. The van der Waals surface area contributed by atoms with Crippen LogP contribution in [0.2, 0.25) is 0 Å². The van der Waals surface area contributed by atoms with Gasteiger partial charge in [0.05, 0.1) is 10.9 Å². The van der Waals surface area contributed by atoms with Gasteiger partial charge >= 0.3 is 0 Å². The van der Waals surface area contributed by atoms with Crippen molar-refractivity contribution < 1.29 is 4.79 Å². The summed E-state index contributed by atoms with van der Waals surface area (Å²) >= 11 is 3.36. The van der Waals surface area contributed by atoms with Crippen molar-refractivity contribution in [1.29, 1.82) is 0 Å². The molecule has 0 unspecified atom stereocenters. The fourth-order valence-corrected chi connectivity index (χ4v) is 6.35. The number of anilines is 1. The van der Waals surface area contributed by atoms with Gasteiger partial charge in [0.15, 0.2) is 0 Å². The van der Waals surface area contributed by atoms with Gasteiger partial charge in [-0.15, -0.1) is 22.7 Å². The van der Waals surface area contributed by atoms with Crippen molar-refractivity contribution in [3.8, 4) is 10.6 Å². The van der Waals surface area contributed by atoms with Gasteiger partial charge in [0, 0.05) is 55.3 Å². The van der Waals surface area contributed by atoms with Crippen LogP contribution < -0.4 is 10.6 Å². The van der Waals surface area contributed by atoms with Crippen molar-refractivity contribution in [2.45, 2.75) is 25.4 Å². The molecule has 0 atom stereocenters. The number of hydrogen-bond acceptors (Lipinski definition) is 8. The van der Waals surface area contributed by atoms with Gasteiger partial charge in [-0.25, -0.2) is 4.98 Å². The van der Waals surface area contributed by atoms with Gasteiger partial charge in [-0.05, 0) is 38.7 Å². The van der Waals surface area contributed by atoms with Gasteiger partial charge in [0.25, 0.3) is 0 Å². The van der Waals surface area contributed by atoms with Crippen molar-refractivity contribution >= 4 is 43.8 Å². The van der Waals surface area contributed by atoms with E-state index in [0.29, 0.717) is 12.5 Å². The van der Waals surface area contributed by atoms with E-state index in [4.69, 9.17) is 4.98 Å². The highest BCUT2D eigenvalue weighted by molar-refractivity contribution is 7.22. The number of rotatable bonds is 6. The van der Waals surface area contributed by atoms with Crippen LogP contribution in [0.3, 0.4) is 0 Å². The Kier molecular flexibility index (Phi) is 5.55. The zero-order valence-corrected chi connectivity index (χ0v) is 18.9. The second kappa shape index (κ2) is 8.32. The van der Waals surface area contributed by atoms with Crippen LogP contribution in [-0.4, -0.2) is 72.0 Å². The quantitative estimate of drug-likeness (QED) is 0.612. The number of likely N-dealkylation sites (N-methyl/N-ethyl adjacent to an activating group) is 1. The lowest BCUT2D eigenvalue weighted by atomic mass is 10.0. The molecular formula is C21H26N6OS2. The predicted octanol–water partition coefficient (Wildman–Crippen LogP) is 2.64. The van der Waals surface area contributed by atoms with Crippen molar-refractivity contribution in [2.75, 3.05) is 45.6 Å². The molecule has 3 aromatic rings. The topological polar surface area (TPSA) is 73.4 Å². The summed E-state index contributed by atoms with van der Waals surface area (Å²) < 4.78 is 1.12. The maximum absolute atomic E-state index is 12.8. The van der Waals surface area contributed by atoms with Crippen molar-refractivity contribution in [2.24, 2.45) is 0 Å². The van der Waals surface area contributed by atoms with E-state index in [1.54, 1.807) is 28.9 Å². The number of fused-ring (bicyclic) bond motifs is 2. The molecule has 5 heterocycles. The van der Waals surface area contributed by atoms with Crippen LogP contribution in [0.4, 0.5) is 5.00 Å². The third-order valence-corrected chi connectivity index (χ3v) is 8.11. The summed E-state index contributed by atoms with van der Waals surface area (Å²) in [4.78, 5) is 27.7. The zero-order chi connectivity index (χ0) is 20.7. The largest absolute Gasteiger partial charge is 0.317 e. The fourth-order valence-electron chi connectivity index (χ4n) is 4.04. The maximum Gasteiger partial charge on any atom is 0.226 e. The first-order valence-corrected chi connectivity index (χ1v) is 12.0. The molecule has 9 heteroatoms. The third-order valence-electron chi connectivity index (χ3n) is 5.91. The standard InChI is InChI=1S/C21H26N6OS2/c1-26(2)13-11-27(12-13)8-5-18(28)25-21-19(14-3-6-23-10-17(14)30-21)20-24-15-9-22-7-4-16(15)29-20/h4,7,9,13,23H,3,5-6,8,10-12H2,1-2H3,(H,25,28). The smallest absolute Gasteiger partial charge is 0.226 e. The highest BCUT2D eigenvalue weighted by Gasteiger charge is 2.29. The van der Waals surface area contributed by atoms with Gasteiger partial charge in [0.1, 0.15) is 15.5 Å². The number of aromatic nitrogens is 2. The van der Waals surface area contributed by atoms with E-state index in [-0.39, 0.29) is 5.91 Å². The summed E-state index contributed by atoms with van der Waals surface area (Å²) in [5.41, 5.74) is 3.36. The van der Waals surface area contributed by atoms with Crippen LogP contribution in [0.25, 0.3) is 20.8 Å². The van der Waals surface area contributed by atoms with E-state index in [2.05, 4.69) is 39.5 Å². The molecule has 0 aliphatic carbocycles. The van der Waals surface area contributed by atoms with E-state index in [9.17, 15) is 4.79 Å². The third kappa shape index (κ3) is 3.88. The fraction of sp³-hybridized carbons (Fsp3) is 0.476. The van der Waals surface area contributed by atoms with Gasteiger partial charge in [0.2, 0.25) is 5.91 Å². The number of pyridine rings is 1. The highest BCUT2D eigenvalue weighted by atomic mass is 32.1. The number of carbonyl (C=O) groups excluding carboxylic acids is 1. The van der Waals surface area contributed by atoms with Gasteiger partial charge in [-0.3, -0.25) is 14.7 Å². The number of thiophene rings is 1. The Bertz CT molecular complexity index is 1040. The van der Waals surface area contributed by atoms with E-state index < -0.39 is 0 Å². The van der Waals surface area contributed by atoms with Crippen LogP contribution in [0.1, 0.15) is 16.9 Å². The van der Waals surface area contributed by atoms with Crippen LogP contribution in [0.15, 0.2) is 18.5 Å². The van der Waals surface area contributed by atoms with Gasteiger partial charge < -0.3 is 15.5 Å². The summed E-state index contributed by atoms with van der Waals surface area (Å²) in [5, 5.41) is 8.57. The minimum atomic E-state index is 0.0823. The molecule has 158 valence electrons. The second-order valence-corrected chi connectivity index (χ2v) is 10.3. The molecule has 0 saturated carbocycles. The molecule has 3 aromatic heterocycles. The molecular weight excluding hydrogens is 416 g/mol. The Morgan fingerprint density at radius 3 is 3.03 bits per heavy atom.